The van der Waals surface area contributed by atoms with Crippen molar-refractivity contribution in [2.45, 2.75) is 0 Å². The van der Waals surface area contributed by atoms with Gasteiger partial charge in [-0.3, -0.25) is 14.9 Å². The van der Waals surface area contributed by atoms with E-state index in [0.717, 1.165) is 18.2 Å². The van der Waals surface area contributed by atoms with E-state index in [1.807, 2.05) is 7.05 Å². The fourth-order valence-electron chi connectivity index (χ4n) is 1.92. The van der Waals surface area contributed by atoms with E-state index in [9.17, 15) is 19.7 Å². The van der Waals surface area contributed by atoms with Crippen LogP contribution in [0.3, 0.4) is 0 Å². The predicted octanol–water partition coefficient (Wildman–Crippen LogP) is 1.11. The molecule has 0 aromatic carbocycles. The SMILES string of the molecule is CN1C=CC(=C(C=C2C=C([N+](=O)[O-])C=CC2=O)NC(N)=O)C=C1. The largest absolute Gasteiger partial charge is 0.357 e. The summed E-state index contributed by atoms with van der Waals surface area (Å²) in [6.07, 6.45) is 11.7. The van der Waals surface area contributed by atoms with E-state index in [-0.39, 0.29) is 17.0 Å². The summed E-state index contributed by atoms with van der Waals surface area (Å²) in [6, 6.07) is -0.803. The van der Waals surface area contributed by atoms with E-state index in [1.165, 1.54) is 6.08 Å². The fourth-order valence-corrected chi connectivity index (χ4v) is 1.92. The highest BCUT2D eigenvalue weighted by molar-refractivity contribution is 6.08. The Labute approximate surface area is 131 Å². The first-order valence-corrected chi connectivity index (χ1v) is 6.56. The average molecular weight is 314 g/mol. The molecule has 0 bridgehead atoms. The number of nitro groups is 1. The van der Waals surface area contributed by atoms with Crippen molar-refractivity contribution in [3.05, 3.63) is 81.5 Å². The molecule has 0 aromatic rings. The average Bonchev–Trinajstić information content (AvgIpc) is 2.48. The molecule has 0 saturated heterocycles. The lowest BCUT2D eigenvalue weighted by Crippen LogP contribution is -2.29. The highest BCUT2D eigenvalue weighted by Crippen LogP contribution is 2.18. The van der Waals surface area contributed by atoms with E-state index in [0.29, 0.717) is 5.57 Å². The zero-order valence-electron chi connectivity index (χ0n) is 12.2. The Balaban J connectivity index is 2.47. The molecule has 23 heavy (non-hydrogen) atoms. The first-order chi connectivity index (χ1) is 10.9. The molecule has 0 saturated carbocycles. The molecule has 1 heterocycles. The van der Waals surface area contributed by atoms with Crippen molar-refractivity contribution in [2.75, 3.05) is 7.05 Å². The topological polar surface area (TPSA) is 119 Å². The maximum absolute atomic E-state index is 11.9. The second-order valence-electron chi connectivity index (χ2n) is 4.78. The van der Waals surface area contributed by atoms with Gasteiger partial charge in [0.15, 0.2) is 5.78 Å². The number of primary amides is 1. The van der Waals surface area contributed by atoms with Crippen LogP contribution in [0.1, 0.15) is 0 Å². The van der Waals surface area contributed by atoms with Crippen molar-refractivity contribution >= 4 is 11.8 Å². The van der Waals surface area contributed by atoms with E-state index < -0.39 is 16.7 Å². The predicted molar refractivity (Wildman–Crippen MR) is 83.1 cm³/mol. The maximum atomic E-state index is 11.9. The van der Waals surface area contributed by atoms with Crippen LogP contribution in [0.2, 0.25) is 0 Å². The first-order valence-electron chi connectivity index (χ1n) is 6.56. The van der Waals surface area contributed by atoms with Crippen LogP contribution < -0.4 is 11.1 Å². The van der Waals surface area contributed by atoms with E-state index in [2.05, 4.69) is 5.32 Å². The number of nitrogens with zero attached hydrogens (tertiary/aromatic N) is 2. The van der Waals surface area contributed by atoms with Crippen molar-refractivity contribution in [3.63, 3.8) is 0 Å². The highest BCUT2D eigenvalue weighted by Gasteiger charge is 2.18. The van der Waals surface area contributed by atoms with Gasteiger partial charge in [-0.25, -0.2) is 4.79 Å². The maximum Gasteiger partial charge on any atom is 0.316 e. The smallest absolute Gasteiger partial charge is 0.316 e. The van der Waals surface area contributed by atoms with Crippen LogP contribution in [0.5, 0.6) is 0 Å². The number of amides is 2. The first kappa shape index (κ1) is 16.0. The van der Waals surface area contributed by atoms with Gasteiger partial charge in [-0.05, 0) is 24.3 Å². The van der Waals surface area contributed by atoms with Crippen molar-refractivity contribution in [2.24, 2.45) is 5.73 Å². The molecule has 2 rings (SSSR count). The fraction of sp³-hybridized carbons (Fsp3) is 0.0667. The Kier molecular flexibility index (Phi) is 4.55. The van der Waals surface area contributed by atoms with E-state index >= 15 is 0 Å². The molecular weight excluding hydrogens is 300 g/mol. The van der Waals surface area contributed by atoms with Gasteiger partial charge >= 0.3 is 6.03 Å². The summed E-state index contributed by atoms with van der Waals surface area (Å²) >= 11 is 0. The van der Waals surface area contributed by atoms with Crippen LogP contribution in [0.15, 0.2) is 71.4 Å². The van der Waals surface area contributed by atoms with Crippen LogP contribution in [0.25, 0.3) is 0 Å². The van der Waals surface area contributed by atoms with Crippen LogP contribution in [0, 0.1) is 10.1 Å². The number of hydrogen-bond acceptors (Lipinski definition) is 5. The van der Waals surface area contributed by atoms with Gasteiger partial charge in [0.25, 0.3) is 5.70 Å². The molecule has 0 aromatic heterocycles. The highest BCUT2D eigenvalue weighted by atomic mass is 16.6. The molecule has 0 fully saturated rings. The molecule has 3 N–H and O–H groups in total. The van der Waals surface area contributed by atoms with Crippen molar-refractivity contribution in [1.29, 1.82) is 0 Å². The zero-order valence-corrected chi connectivity index (χ0v) is 12.2. The molecule has 118 valence electrons. The molecule has 1 aliphatic heterocycles. The molecule has 0 spiro atoms. The number of allylic oxidation sites excluding steroid dienone is 8. The Hall–Kier alpha value is -3.42. The van der Waals surface area contributed by atoms with E-state index in [1.54, 1.807) is 29.5 Å². The Bertz CT molecular complexity index is 737. The molecule has 8 nitrogen and oxygen atoms in total. The third-order valence-corrected chi connectivity index (χ3v) is 3.05. The minimum atomic E-state index is -0.803. The summed E-state index contributed by atoms with van der Waals surface area (Å²) in [5.74, 6) is -0.402. The Morgan fingerprint density at radius 1 is 1.30 bits per heavy atom. The molecule has 1 aliphatic carbocycles. The summed E-state index contributed by atoms with van der Waals surface area (Å²) < 4.78 is 0. The van der Waals surface area contributed by atoms with Gasteiger partial charge < -0.3 is 16.0 Å². The van der Waals surface area contributed by atoms with Crippen LogP contribution >= 0.6 is 0 Å². The van der Waals surface area contributed by atoms with Crippen molar-refractivity contribution in [3.8, 4) is 0 Å². The lowest BCUT2D eigenvalue weighted by Gasteiger charge is -2.15. The molecule has 0 unspecified atom stereocenters. The van der Waals surface area contributed by atoms with Crippen molar-refractivity contribution in [1.82, 2.24) is 10.2 Å². The van der Waals surface area contributed by atoms with Gasteiger partial charge in [0.05, 0.1) is 10.6 Å². The quantitative estimate of drug-likeness (QED) is 0.459. The van der Waals surface area contributed by atoms with Gasteiger partial charge in [0, 0.05) is 42.7 Å². The minimum absolute atomic E-state index is 0.0798. The van der Waals surface area contributed by atoms with Gasteiger partial charge in [-0.1, -0.05) is 0 Å². The van der Waals surface area contributed by atoms with Crippen LogP contribution in [-0.4, -0.2) is 28.7 Å². The zero-order chi connectivity index (χ0) is 17.0. The molecule has 8 heteroatoms. The van der Waals surface area contributed by atoms with Gasteiger partial charge in [-0.15, -0.1) is 0 Å². The standard InChI is InChI=1S/C15H14N4O4/c1-18-6-4-10(5-7-18)13(17-15(16)21)9-11-8-12(19(22)23)2-3-14(11)20/h2-9H,1H3,(H3,16,17,21). The number of nitrogens with two attached hydrogens (primary N) is 1. The molecule has 2 amide bonds. The number of carbonyl (C=O) groups is 2. The van der Waals surface area contributed by atoms with E-state index in [4.69, 9.17) is 5.73 Å². The number of ketones is 1. The molecule has 0 radical (unpaired) electrons. The Morgan fingerprint density at radius 2 is 1.96 bits per heavy atom. The van der Waals surface area contributed by atoms with Crippen molar-refractivity contribution < 1.29 is 14.5 Å². The number of carbonyl (C=O) groups excluding carboxylic acids is 2. The summed E-state index contributed by atoms with van der Waals surface area (Å²) in [5.41, 5.74) is 5.89. The number of hydrogen-bond donors (Lipinski definition) is 2. The third kappa shape index (κ3) is 4.03. The molecular formula is C15H14N4O4. The number of nitrogens with one attached hydrogen (secondary N) is 1. The summed E-state index contributed by atoms with van der Waals surface area (Å²) in [6.45, 7) is 0. The second kappa shape index (κ2) is 6.56. The van der Waals surface area contributed by atoms with Crippen LogP contribution in [0.4, 0.5) is 4.79 Å². The lowest BCUT2D eigenvalue weighted by atomic mass is 10.0. The van der Waals surface area contributed by atoms with Gasteiger partial charge in [-0.2, -0.15) is 0 Å². The van der Waals surface area contributed by atoms with Gasteiger partial charge in [0.2, 0.25) is 0 Å². The Morgan fingerprint density at radius 3 is 2.52 bits per heavy atom. The van der Waals surface area contributed by atoms with Gasteiger partial charge in [0.1, 0.15) is 0 Å². The summed E-state index contributed by atoms with van der Waals surface area (Å²) in [7, 11) is 1.82. The van der Waals surface area contributed by atoms with Crippen LogP contribution in [-0.2, 0) is 4.79 Å². The minimum Gasteiger partial charge on any atom is -0.357 e. The molecule has 2 aliphatic rings. The number of rotatable bonds is 3. The molecule has 0 atom stereocenters. The third-order valence-electron chi connectivity index (χ3n) is 3.05. The number of urea groups is 1. The summed E-state index contributed by atoms with van der Waals surface area (Å²) in [5, 5.41) is 13.2. The second-order valence-corrected chi connectivity index (χ2v) is 4.78. The monoisotopic (exact) mass is 314 g/mol. The lowest BCUT2D eigenvalue weighted by molar-refractivity contribution is -0.419. The normalized spacial score (nSPS) is 18.2. The summed E-state index contributed by atoms with van der Waals surface area (Å²) in [4.78, 5) is 35.1.